The van der Waals surface area contributed by atoms with Crippen LogP contribution in [0.5, 0.6) is 0 Å². The highest BCUT2D eigenvalue weighted by Crippen LogP contribution is 2.26. The number of halogens is 1. The summed E-state index contributed by atoms with van der Waals surface area (Å²) >= 11 is 3.40. The number of nitrogens with one attached hydrogen (secondary N) is 1. The maximum Gasteiger partial charge on any atom is 0.241 e. The molecule has 0 aliphatic heterocycles. The van der Waals surface area contributed by atoms with Gasteiger partial charge in [-0.1, -0.05) is 19.1 Å². The Morgan fingerprint density at radius 3 is 2.88 bits per heavy atom. The summed E-state index contributed by atoms with van der Waals surface area (Å²) in [6.07, 6.45) is 0.520. The van der Waals surface area contributed by atoms with Gasteiger partial charge in [-0.25, -0.2) is 0 Å². The third-order valence-electron chi connectivity index (χ3n) is 2.33. The van der Waals surface area contributed by atoms with E-state index in [-0.39, 0.29) is 5.91 Å². The third kappa shape index (κ3) is 2.83. The normalized spacial score (nSPS) is 11.6. The van der Waals surface area contributed by atoms with Crippen LogP contribution in [0.1, 0.15) is 18.9 Å². The first-order valence-corrected chi connectivity index (χ1v) is 5.85. The van der Waals surface area contributed by atoms with Crippen LogP contribution in [0.25, 0.3) is 0 Å². The molecule has 0 fully saturated rings. The van der Waals surface area contributed by atoms with Gasteiger partial charge in [0.15, 0.2) is 0 Å². The zero-order valence-electron chi connectivity index (χ0n) is 9.25. The first kappa shape index (κ1) is 12.7. The second kappa shape index (κ2) is 5.66. The monoisotopic (exact) mass is 280 g/mol. The fourth-order valence-corrected chi connectivity index (χ4v) is 1.66. The van der Waals surface area contributed by atoms with Crippen molar-refractivity contribution in [3.8, 4) is 6.07 Å². The van der Waals surface area contributed by atoms with Crippen molar-refractivity contribution in [2.24, 2.45) is 5.92 Å². The molecule has 1 rings (SSSR count). The van der Waals surface area contributed by atoms with E-state index < -0.39 is 5.92 Å². The summed E-state index contributed by atoms with van der Waals surface area (Å²) in [5.41, 5.74) is 1.75. The van der Waals surface area contributed by atoms with E-state index in [4.69, 9.17) is 5.26 Å². The number of anilines is 1. The average Bonchev–Trinajstić information content (AvgIpc) is 2.26. The lowest BCUT2D eigenvalue weighted by atomic mass is 10.1. The van der Waals surface area contributed by atoms with E-state index in [0.29, 0.717) is 12.1 Å². The van der Waals surface area contributed by atoms with E-state index in [0.717, 1.165) is 10.0 Å². The summed E-state index contributed by atoms with van der Waals surface area (Å²) in [5, 5.41) is 11.5. The van der Waals surface area contributed by atoms with Gasteiger partial charge in [-0.05, 0) is 40.9 Å². The molecule has 0 saturated heterocycles. The van der Waals surface area contributed by atoms with Gasteiger partial charge >= 0.3 is 0 Å². The molecule has 0 heterocycles. The molecule has 3 nitrogen and oxygen atoms in total. The highest BCUT2D eigenvalue weighted by atomic mass is 79.9. The Bertz CT molecular complexity index is 437. The topological polar surface area (TPSA) is 52.9 Å². The molecule has 1 unspecified atom stereocenters. The van der Waals surface area contributed by atoms with Gasteiger partial charge in [0, 0.05) is 4.47 Å². The molecule has 0 aliphatic rings. The second-order valence-corrected chi connectivity index (χ2v) is 4.31. The minimum Gasteiger partial charge on any atom is -0.324 e. The number of hydrogen-bond acceptors (Lipinski definition) is 2. The maximum absolute atomic E-state index is 11.7. The molecule has 1 amide bonds. The van der Waals surface area contributed by atoms with Gasteiger partial charge in [0.2, 0.25) is 5.91 Å². The lowest BCUT2D eigenvalue weighted by Gasteiger charge is -2.11. The van der Waals surface area contributed by atoms with E-state index in [1.165, 1.54) is 0 Å². The highest BCUT2D eigenvalue weighted by molar-refractivity contribution is 9.10. The fourth-order valence-electron chi connectivity index (χ4n) is 1.30. The van der Waals surface area contributed by atoms with Gasteiger partial charge in [0.25, 0.3) is 0 Å². The summed E-state index contributed by atoms with van der Waals surface area (Å²) < 4.78 is 0.858. The predicted molar refractivity (Wildman–Crippen MR) is 66.9 cm³/mol. The SMILES string of the molecule is CCC(C#N)C(=O)Nc1cccc(C)c1Br. The Kier molecular flexibility index (Phi) is 4.51. The van der Waals surface area contributed by atoms with E-state index in [2.05, 4.69) is 21.2 Å². The van der Waals surface area contributed by atoms with Crippen molar-refractivity contribution in [2.75, 3.05) is 5.32 Å². The van der Waals surface area contributed by atoms with Crippen LogP contribution in [-0.2, 0) is 4.79 Å². The van der Waals surface area contributed by atoms with Gasteiger partial charge in [-0.15, -0.1) is 0 Å². The lowest BCUT2D eigenvalue weighted by molar-refractivity contribution is -0.118. The number of amides is 1. The average molecular weight is 281 g/mol. The highest BCUT2D eigenvalue weighted by Gasteiger charge is 2.16. The molecule has 1 atom stereocenters. The van der Waals surface area contributed by atoms with Crippen molar-refractivity contribution < 1.29 is 4.79 Å². The zero-order chi connectivity index (χ0) is 12.1. The van der Waals surface area contributed by atoms with Crippen molar-refractivity contribution in [1.29, 1.82) is 5.26 Å². The van der Waals surface area contributed by atoms with Crippen molar-refractivity contribution in [1.82, 2.24) is 0 Å². The molecule has 84 valence electrons. The molecule has 0 spiro atoms. The van der Waals surface area contributed by atoms with Crippen molar-refractivity contribution >= 4 is 27.5 Å². The molecule has 1 N–H and O–H groups in total. The Morgan fingerprint density at radius 2 is 2.31 bits per heavy atom. The number of hydrogen-bond donors (Lipinski definition) is 1. The Hall–Kier alpha value is -1.34. The minimum atomic E-state index is -0.590. The standard InChI is InChI=1S/C12H13BrN2O/c1-3-9(7-14)12(16)15-10-6-4-5-8(2)11(10)13/h4-6,9H,3H2,1-2H3,(H,15,16). The van der Waals surface area contributed by atoms with Crippen LogP contribution in [0, 0.1) is 24.2 Å². The van der Waals surface area contributed by atoms with Gasteiger partial charge in [-0.3, -0.25) is 4.79 Å². The van der Waals surface area contributed by atoms with Gasteiger partial charge < -0.3 is 5.32 Å². The van der Waals surface area contributed by atoms with E-state index in [1.807, 2.05) is 32.0 Å². The largest absolute Gasteiger partial charge is 0.324 e. The predicted octanol–water partition coefficient (Wildman–Crippen LogP) is 3.25. The molecule has 16 heavy (non-hydrogen) atoms. The van der Waals surface area contributed by atoms with Crippen LogP contribution in [0.3, 0.4) is 0 Å². The molecule has 0 aromatic heterocycles. The van der Waals surface area contributed by atoms with Crippen LogP contribution in [0.2, 0.25) is 0 Å². The summed E-state index contributed by atoms with van der Waals surface area (Å²) in [7, 11) is 0. The van der Waals surface area contributed by atoms with Gasteiger partial charge in [0.1, 0.15) is 5.92 Å². The number of rotatable bonds is 3. The number of nitrogens with zero attached hydrogens (tertiary/aromatic N) is 1. The summed E-state index contributed by atoms with van der Waals surface area (Å²) in [5.74, 6) is -0.844. The zero-order valence-corrected chi connectivity index (χ0v) is 10.8. The Labute approximate surface area is 104 Å². The summed E-state index contributed by atoms with van der Waals surface area (Å²) in [6, 6.07) is 7.59. The summed E-state index contributed by atoms with van der Waals surface area (Å²) in [4.78, 5) is 11.7. The molecule has 0 bridgehead atoms. The first-order chi connectivity index (χ1) is 7.60. The maximum atomic E-state index is 11.7. The van der Waals surface area contributed by atoms with Crippen molar-refractivity contribution in [3.63, 3.8) is 0 Å². The van der Waals surface area contributed by atoms with Gasteiger partial charge in [-0.2, -0.15) is 5.26 Å². The molecule has 4 heteroatoms. The number of carbonyl (C=O) groups is 1. The molecule has 1 aromatic rings. The van der Waals surface area contributed by atoms with E-state index in [9.17, 15) is 4.79 Å². The lowest BCUT2D eigenvalue weighted by Crippen LogP contribution is -2.21. The van der Waals surface area contributed by atoms with Crippen LogP contribution < -0.4 is 5.32 Å². The number of aryl methyl sites for hydroxylation is 1. The molecular formula is C12H13BrN2O. The second-order valence-electron chi connectivity index (χ2n) is 3.52. The van der Waals surface area contributed by atoms with E-state index in [1.54, 1.807) is 6.07 Å². The summed E-state index contributed by atoms with van der Waals surface area (Å²) in [6.45, 7) is 3.76. The molecular weight excluding hydrogens is 268 g/mol. The number of benzene rings is 1. The van der Waals surface area contributed by atoms with Crippen molar-refractivity contribution in [3.05, 3.63) is 28.2 Å². The van der Waals surface area contributed by atoms with Crippen molar-refractivity contribution in [2.45, 2.75) is 20.3 Å². The van der Waals surface area contributed by atoms with Crippen LogP contribution in [-0.4, -0.2) is 5.91 Å². The molecule has 0 radical (unpaired) electrons. The number of nitriles is 1. The van der Waals surface area contributed by atoms with Crippen LogP contribution in [0.15, 0.2) is 22.7 Å². The minimum absolute atomic E-state index is 0.253. The number of carbonyl (C=O) groups excluding carboxylic acids is 1. The van der Waals surface area contributed by atoms with E-state index >= 15 is 0 Å². The fraction of sp³-hybridized carbons (Fsp3) is 0.333. The van der Waals surface area contributed by atoms with Crippen LogP contribution in [0.4, 0.5) is 5.69 Å². The Balaban J connectivity index is 2.86. The molecule has 1 aromatic carbocycles. The van der Waals surface area contributed by atoms with Crippen LogP contribution >= 0.6 is 15.9 Å². The third-order valence-corrected chi connectivity index (χ3v) is 3.38. The van der Waals surface area contributed by atoms with Gasteiger partial charge in [0.05, 0.1) is 11.8 Å². The molecule has 0 saturated carbocycles. The molecule has 0 aliphatic carbocycles. The Morgan fingerprint density at radius 1 is 1.62 bits per heavy atom. The quantitative estimate of drug-likeness (QED) is 0.924. The first-order valence-electron chi connectivity index (χ1n) is 5.05. The smallest absolute Gasteiger partial charge is 0.241 e.